The van der Waals surface area contributed by atoms with Crippen LogP contribution in [0, 0.1) is 12.7 Å². The number of nitrogens with zero attached hydrogens (tertiary/aromatic N) is 2. The van der Waals surface area contributed by atoms with Gasteiger partial charge in [-0.25, -0.2) is 9.37 Å². The Morgan fingerprint density at radius 2 is 1.84 bits per heavy atom. The summed E-state index contributed by atoms with van der Waals surface area (Å²) in [5.41, 5.74) is 0.605. The van der Waals surface area contributed by atoms with Crippen molar-refractivity contribution in [3.63, 3.8) is 0 Å². The second-order valence-electron chi connectivity index (χ2n) is 8.94. The van der Waals surface area contributed by atoms with E-state index in [1.165, 1.54) is 6.20 Å². The number of allylic oxidation sites excluding steroid dienone is 4. The van der Waals surface area contributed by atoms with Crippen LogP contribution in [0.5, 0.6) is 0 Å². The second kappa shape index (κ2) is 10.8. The van der Waals surface area contributed by atoms with Crippen molar-refractivity contribution in [2.75, 3.05) is 5.32 Å². The molecule has 0 spiro atoms. The molecule has 0 fully saturated rings. The summed E-state index contributed by atoms with van der Waals surface area (Å²) in [6.07, 6.45) is 3.78. The van der Waals surface area contributed by atoms with Crippen molar-refractivity contribution in [1.82, 2.24) is 15.0 Å². The number of halogens is 5. The lowest BCUT2D eigenvalue weighted by Gasteiger charge is -2.36. The molecular formula is C29H25ClF4N4. The van der Waals surface area contributed by atoms with Crippen LogP contribution in [-0.2, 0) is 11.7 Å². The zero-order valence-corrected chi connectivity index (χ0v) is 21.5. The smallest absolute Gasteiger partial charge is 0.340 e. The number of nitrogens with one attached hydrogen (secondary N) is 2. The van der Waals surface area contributed by atoms with Crippen LogP contribution in [0.4, 0.5) is 23.5 Å². The number of anilines is 1. The van der Waals surface area contributed by atoms with E-state index >= 15 is 0 Å². The normalized spacial score (nSPS) is 13.9. The molecule has 4 nitrogen and oxygen atoms in total. The maximum Gasteiger partial charge on any atom is 0.416 e. The zero-order valence-electron chi connectivity index (χ0n) is 20.7. The topological polar surface area (TPSA) is 53.6 Å². The molecule has 0 aliphatic heterocycles. The number of aromatic nitrogens is 3. The highest BCUT2D eigenvalue weighted by molar-refractivity contribution is 6.30. The molecule has 0 bridgehead atoms. The van der Waals surface area contributed by atoms with Crippen molar-refractivity contribution < 1.29 is 17.6 Å². The minimum Gasteiger partial charge on any atom is -0.340 e. The Labute approximate surface area is 222 Å². The van der Waals surface area contributed by atoms with E-state index in [-0.39, 0.29) is 17.9 Å². The minimum atomic E-state index is -4.77. The Balaban J connectivity index is 1.98. The first-order valence-electron chi connectivity index (χ1n) is 11.7. The molecule has 0 saturated heterocycles. The average Bonchev–Trinajstić information content (AvgIpc) is 3.24. The molecule has 38 heavy (non-hydrogen) atoms. The maximum absolute atomic E-state index is 14.8. The van der Waals surface area contributed by atoms with Crippen LogP contribution in [0.3, 0.4) is 0 Å². The monoisotopic (exact) mass is 540 g/mol. The Hall–Kier alpha value is -3.91. The van der Waals surface area contributed by atoms with Crippen LogP contribution >= 0.6 is 11.6 Å². The molecule has 2 aromatic heterocycles. The maximum atomic E-state index is 14.8. The summed E-state index contributed by atoms with van der Waals surface area (Å²) in [5.74, 6) is -0.768. The Bertz CT molecular complexity index is 1520. The second-order valence-corrected chi connectivity index (χ2v) is 9.38. The van der Waals surface area contributed by atoms with Crippen molar-refractivity contribution in [1.29, 1.82) is 0 Å². The number of H-pyrrole nitrogens is 1. The van der Waals surface area contributed by atoms with Gasteiger partial charge in [-0.05, 0) is 67.4 Å². The largest absolute Gasteiger partial charge is 0.416 e. The van der Waals surface area contributed by atoms with Gasteiger partial charge in [0, 0.05) is 12.6 Å². The molecule has 0 aliphatic rings. The van der Waals surface area contributed by atoms with E-state index in [0.717, 1.165) is 23.2 Å². The zero-order chi connectivity index (χ0) is 27.5. The molecule has 2 heterocycles. The minimum absolute atomic E-state index is 0.00290. The Morgan fingerprint density at radius 3 is 2.53 bits per heavy atom. The van der Waals surface area contributed by atoms with Gasteiger partial charge in [-0.2, -0.15) is 13.2 Å². The SMILES string of the molecule is C=C(/C=C\C=C/C)CC(Nc1nc2ccc(C)cc2[nH]1)(c1cc(F)cc(C(F)(F)F)c1)c1ccc(Cl)cn1. The third-order valence-electron chi connectivity index (χ3n) is 5.98. The average molecular weight is 541 g/mol. The van der Waals surface area contributed by atoms with Gasteiger partial charge in [0.05, 0.1) is 27.3 Å². The van der Waals surface area contributed by atoms with Gasteiger partial charge in [0.2, 0.25) is 5.95 Å². The van der Waals surface area contributed by atoms with E-state index in [0.29, 0.717) is 27.9 Å². The lowest BCUT2D eigenvalue weighted by Crippen LogP contribution is -2.39. The van der Waals surface area contributed by atoms with Gasteiger partial charge in [0.25, 0.3) is 0 Å². The van der Waals surface area contributed by atoms with E-state index in [4.69, 9.17) is 11.6 Å². The summed E-state index contributed by atoms with van der Waals surface area (Å²) in [6, 6.07) is 11.2. The fourth-order valence-corrected chi connectivity index (χ4v) is 4.35. The number of alkyl halides is 3. The van der Waals surface area contributed by atoms with Crippen LogP contribution in [0.15, 0.2) is 91.2 Å². The van der Waals surface area contributed by atoms with Gasteiger partial charge in [-0.3, -0.25) is 4.98 Å². The fraction of sp³-hybridized carbons (Fsp3) is 0.172. The summed E-state index contributed by atoms with van der Waals surface area (Å²) < 4.78 is 56.1. The quantitative estimate of drug-likeness (QED) is 0.174. The number of aromatic amines is 1. The van der Waals surface area contributed by atoms with Crippen LogP contribution in [0.25, 0.3) is 11.0 Å². The number of hydrogen-bond acceptors (Lipinski definition) is 3. The first-order valence-corrected chi connectivity index (χ1v) is 12.1. The molecular weight excluding hydrogens is 516 g/mol. The van der Waals surface area contributed by atoms with Gasteiger partial charge < -0.3 is 10.3 Å². The highest BCUT2D eigenvalue weighted by atomic mass is 35.5. The van der Waals surface area contributed by atoms with E-state index in [9.17, 15) is 17.6 Å². The first kappa shape index (κ1) is 27.1. The van der Waals surface area contributed by atoms with Gasteiger partial charge in [0.15, 0.2) is 0 Å². The van der Waals surface area contributed by atoms with E-state index in [1.54, 1.807) is 30.4 Å². The molecule has 2 N–H and O–H groups in total. The van der Waals surface area contributed by atoms with Crippen LogP contribution in [0.1, 0.15) is 35.7 Å². The van der Waals surface area contributed by atoms with Crippen molar-refractivity contribution >= 4 is 28.6 Å². The molecule has 4 rings (SSSR count). The lowest BCUT2D eigenvalue weighted by molar-refractivity contribution is -0.137. The number of benzene rings is 2. The van der Waals surface area contributed by atoms with Crippen molar-refractivity contribution in [3.05, 3.63) is 124 Å². The van der Waals surface area contributed by atoms with E-state index in [2.05, 4.69) is 26.8 Å². The molecule has 2 aromatic carbocycles. The predicted molar refractivity (Wildman–Crippen MR) is 144 cm³/mol. The lowest BCUT2D eigenvalue weighted by atomic mass is 9.79. The standard InChI is InChI=1S/C29H25ClF4N4/c1-4-5-6-7-19(3)16-28(26-11-9-22(30)17-35-26,20-13-21(29(32,33)34)15-23(31)14-20)38-27-36-24-10-8-18(2)12-25(24)37-27/h4-15,17H,3,16H2,1-2H3,(H2,36,37,38)/b5-4-,7-6-. The number of aryl methyl sites for hydroxylation is 1. The van der Waals surface area contributed by atoms with Crippen molar-refractivity contribution in [2.45, 2.75) is 32.0 Å². The first-order chi connectivity index (χ1) is 18.0. The molecule has 0 amide bonds. The fourth-order valence-electron chi connectivity index (χ4n) is 4.24. The van der Waals surface area contributed by atoms with Crippen LogP contribution in [-0.4, -0.2) is 15.0 Å². The Kier molecular flexibility index (Phi) is 7.73. The summed E-state index contributed by atoms with van der Waals surface area (Å²) in [4.78, 5) is 12.2. The highest BCUT2D eigenvalue weighted by Gasteiger charge is 2.40. The summed E-state index contributed by atoms with van der Waals surface area (Å²) in [7, 11) is 0. The molecule has 0 aliphatic carbocycles. The summed E-state index contributed by atoms with van der Waals surface area (Å²) in [6.45, 7) is 7.89. The van der Waals surface area contributed by atoms with Gasteiger partial charge in [0.1, 0.15) is 11.4 Å². The number of hydrogen-bond donors (Lipinski definition) is 2. The summed E-state index contributed by atoms with van der Waals surface area (Å²) in [5, 5.41) is 3.60. The van der Waals surface area contributed by atoms with Crippen LogP contribution < -0.4 is 5.32 Å². The molecule has 0 saturated carbocycles. The third-order valence-corrected chi connectivity index (χ3v) is 6.20. The van der Waals surface area contributed by atoms with E-state index in [1.807, 2.05) is 38.1 Å². The van der Waals surface area contributed by atoms with Crippen molar-refractivity contribution in [2.24, 2.45) is 0 Å². The van der Waals surface area contributed by atoms with Crippen molar-refractivity contribution in [3.8, 4) is 0 Å². The summed E-state index contributed by atoms with van der Waals surface area (Å²) >= 11 is 6.09. The van der Waals surface area contributed by atoms with Gasteiger partial charge in [-0.15, -0.1) is 0 Å². The molecule has 4 aromatic rings. The van der Waals surface area contributed by atoms with Gasteiger partial charge >= 0.3 is 6.18 Å². The predicted octanol–water partition coefficient (Wildman–Crippen LogP) is 8.51. The van der Waals surface area contributed by atoms with Crippen LogP contribution in [0.2, 0.25) is 5.02 Å². The molecule has 1 atom stereocenters. The Morgan fingerprint density at radius 1 is 1.08 bits per heavy atom. The molecule has 9 heteroatoms. The third kappa shape index (κ3) is 5.97. The molecule has 1 unspecified atom stereocenters. The number of fused-ring (bicyclic) bond motifs is 1. The molecule has 0 radical (unpaired) electrons. The number of imidazole rings is 1. The number of rotatable bonds is 8. The van der Waals surface area contributed by atoms with Gasteiger partial charge in [-0.1, -0.05) is 54.1 Å². The highest BCUT2D eigenvalue weighted by Crippen LogP contribution is 2.41. The number of pyridine rings is 1. The molecule has 196 valence electrons. The van der Waals surface area contributed by atoms with E-state index < -0.39 is 23.1 Å².